The maximum atomic E-state index is 12.7. The molecule has 0 aliphatic carbocycles. The van der Waals surface area contributed by atoms with E-state index in [1.165, 1.54) is 44.9 Å². The van der Waals surface area contributed by atoms with Gasteiger partial charge in [-0.25, -0.2) is 4.79 Å². The van der Waals surface area contributed by atoms with Crippen LogP contribution in [0.15, 0.2) is 48.6 Å². The molecule has 2 unspecified atom stereocenters. The first kappa shape index (κ1) is 49.3. The largest absolute Gasteiger partial charge is 0.477 e. The number of carboxylic acids is 1. The van der Waals surface area contributed by atoms with Crippen molar-refractivity contribution in [3.63, 3.8) is 0 Å². The quantitative estimate of drug-likeness (QED) is 0.0296. The topological polar surface area (TPSA) is 99.1 Å². The first-order chi connectivity index (χ1) is 25.1. The summed E-state index contributed by atoms with van der Waals surface area (Å²) in [7, 11) is 5.51. The highest BCUT2D eigenvalue weighted by atomic mass is 16.6. The van der Waals surface area contributed by atoms with Crippen molar-refractivity contribution in [1.29, 1.82) is 0 Å². The molecule has 0 aromatic carbocycles. The molecule has 0 aromatic heterocycles. The van der Waals surface area contributed by atoms with Crippen molar-refractivity contribution in [2.75, 3.05) is 41.0 Å². The smallest absolute Gasteiger partial charge is 0.362 e. The molecule has 2 atom stereocenters. The van der Waals surface area contributed by atoms with Crippen LogP contribution in [-0.2, 0) is 28.6 Å². The Hall–Kier alpha value is -2.71. The summed E-state index contributed by atoms with van der Waals surface area (Å²) in [4.78, 5) is 36.9. The van der Waals surface area contributed by atoms with Gasteiger partial charge in [0.05, 0.1) is 34.4 Å². The molecule has 0 radical (unpaired) electrons. The zero-order chi connectivity index (χ0) is 38.5. The van der Waals surface area contributed by atoms with Crippen molar-refractivity contribution in [2.45, 2.75) is 174 Å². The van der Waals surface area contributed by atoms with E-state index in [0.717, 1.165) is 83.5 Å². The number of quaternary nitrogens is 1. The summed E-state index contributed by atoms with van der Waals surface area (Å²) in [6.45, 7) is 4.56. The Morgan fingerprint density at radius 1 is 0.596 bits per heavy atom. The molecule has 1 N–H and O–H groups in total. The summed E-state index contributed by atoms with van der Waals surface area (Å²) in [6, 6.07) is -0.618. The van der Waals surface area contributed by atoms with E-state index in [-0.39, 0.29) is 36.2 Å². The fraction of sp³-hybridized carbons (Fsp3) is 0.750. The van der Waals surface area contributed by atoms with E-state index < -0.39 is 18.1 Å². The van der Waals surface area contributed by atoms with Crippen LogP contribution in [-0.4, -0.2) is 80.6 Å². The normalized spacial score (nSPS) is 13.5. The second kappa shape index (κ2) is 35.3. The summed E-state index contributed by atoms with van der Waals surface area (Å²) >= 11 is 0. The number of carbonyl (C=O) groups excluding carboxylic acids is 2. The highest BCUT2D eigenvalue weighted by molar-refractivity contribution is 5.72. The first-order valence-electron chi connectivity index (χ1n) is 20.7. The molecular formula is C44H78NO7+. The lowest BCUT2D eigenvalue weighted by molar-refractivity contribution is -0.887. The van der Waals surface area contributed by atoms with Crippen LogP contribution in [0.1, 0.15) is 162 Å². The average molecular weight is 733 g/mol. The molecule has 0 rings (SSSR count). The Morgan fingerprint density at radius 2 is 1.08 bits per heavy atom. The van der Waals surface area contributed by atoms with Crippen molar-refractivity contribution in [3.05, 3.63) is 48.6 Å². The number of nitrogens with zero attached hydrogens (tertiary/aromatic N) is 1. The van der Waals surface area contributed by atoms with Gasteiger partial charge in [0.15, 0.2) is 12.1 Å². The number of aliphatic carboxylic acids is 1. The van der Waals surface area contributed by atoms with Gasteiger partial charge in [0, 0.05) is 19.3 Å². The molecule has 8 heteroatoms. The van der Waals surface area contributed by atoms with Gasteiger partial charge in [0.2, 0.25) is 0 Å². The van der Waals surface area contributed by atoms with E-state index >= 15 is 0 Å². The van der Waals surface area contributed by atoms with Gasteiger partial charge in [-0.05, 0) is 70.6 Å². The number of carbonyl (C=O) groups is 3. The average Bonchev–Trinajstić information content (AvgIpc) is 3.09. The standard InChI is InChI=1S/C44H77NO7/c1-6-8-10-12-14-16-18-20-21-22-23-25-26-28-30-32-34-42(46)51-39-40(38-50-37-36-41(44(48)49)45(3,4)5)52-43(47)35-33-31-29-27-24-19-17-15-13-11-9-7-2/h8,10,14-17,20-21,40-41H,6-7,9,11-13,18-19,22-39H2,1-5H3/p+1/b10-8+,16-14+,17-15+,21-20+. The number of esters is 2. The molecule has 300 valence electrons. The highest BCUT2D eigenvalue weighted by Gasteiger charge is 2.31. The zero-order valence-corrected chi connectivity index (χ0v) is 34.0. The third-order valence-corrected chi connectivity index (χ3v) is 8.96. The van der Waals surface area contributed by atoms with Crippen LogP contribution in [0.3, 0.4) is 0 Å². The van der Waals surface area contributed by atoms with E-state index in [1.807, 2.05) is 21.1 Å². The Morgan fingerprint density at radius 3 is 1.62 bits per heavy atom. The van der Waals surface area contributed by atoms with Gasteiger partial charge in [0.1, 0.15) is 6.61 Å². The lowest BCUT2D eigenvalue weighted by Gasteiger charge is -2.31. The minimum Gasteiger partial charge on any atom is -0.477 e. The molecule has 0 spiro atoms. The minimum absolute atomic E-state index is 0.0526. The molecule has 0 aromatic rings. The minimum atomic E-state index is -0.880. The Bertz CT molecular complexity index is 995. The van der Waals surface area contributed by atoms with E-state index in [1.54, 1.807) is 0 Å². The summed E-state index contributed by atoms with van der Waals surface area (Å²) in [6.07, 6.45) is 40.0. The number of allylic oxidation sites excluding steroid dienone is 8. The molecule has 52 heavy (non-hydrogen) atoms. The maximum absolute atomic E-state index is 12.7. The molecule has 0 amide bonds. The van der Waals surface area contributed by atoms with Crippen molar-refractivity contribution < 1.29 is 38.2 Å². The van der Waals surface area contributed by atoms with Crippen molar-refractivity contribution in [3.8, 4) is 0 Å². The summed E-state index contributed by atoms with van der Waals surface area (Å²) in [5.41, 5.74) is 0. The monoisotopic (exact) mass is 733 g/mol. The van der Waals surface area contributed by atoms with Gasteiger partial charge >= 0.3 is 17.9 Å². The van der Waals surface area contributed by atoms with Crippen LogP contribution in [0.5, 0.6) is 0 Å². The first-order valence-corrected chi connectivity index (χ1v) is 20.7. The van der Waals surface area contributed by atoms with E-state index in [9.17, 15) is 19.5 Å². The van der Waals surface area contributed by atoms with Gasteiger partial charge in [-0.15, -0.1) is 0 Å². The fourth-order valence-corrected chi connectivity index (χ4v) is 5.75. The molecule has 0 aliphatic heterocycles. The third kappa shape index (κ3) is 33.1. The lowest BCUT2D eigenvalue weighted by atomic mass is 10.1. The summed E-state index contributed by atoms with van der Waals surface area (Å²) in [5, 5.41) is 9.60. The number of rotatable bonds is 36. The van der Waals surface area contributed by atoms with Crippen LogP contribution in [0, 0.1) is 0 Å². The Kier molecular flexibility index (Phi) is 33.5. The van der Waals surface area contributed by atoms with Crippen LogP contribution < -0.4 is 0 Å². The van der Waals surface area contributed by atoms with Crippen molar-refractivity contribution in [1.82, 2.24) is 0 Å². The van der Waals surface area contributed by atoms with E-state index in [4.69, 9.17) is 14.2 Å². The molecule has 0 bridgehead atoms. The number of hydrogen-bond donors (Lipinski definition) is 1. The molecule has 0 heterocycles. The molecule has 8 nitrogen and oxygen atoms in total. The van der Waals surface area contributed by atoms with Crippen LogP contribution in [0.4, 0.5) is 0 Å². The molecule has 0 saturated heterocycles. The zero-order valence-electron chi connectivity index (χ0n) is 34.0. The van der Waals surface area contributed by atoms with Gasteiger partial charge in [-0.1, -0.05) is 120 Å². The molecule has 0 saturated carbocycles. The number of unbranched alkanes of at least 4 members (excludes halogenated alkanes) is 14. The van der Waals surface area contributed by atoms with Crippen molar-refractivity contribution >= 4 is 17.9 Å². The summed E-state index contributed by atoms with van der Waals surface area (Å²) < 4.78 is 17.2. The van der Waals surface area contributed by atoms with Gasteiger partial charge in [0.25, 0.3) is 0 Å². The Labute approximate surface area is 318 Å². The molecule has 0 fully saturated rings. The fourth-order valence-electron chi connectivity index (χ4n) is 5.75. The predicted octanol–water partition coefficient (Wildman–Crippen LogP) is 10.9. The van der Waals surface area contributed by atoms with Crippen molar-refractivity contribution in [2.24, 2.45) is 0 Å². The number of ether oxygens (including phenoxy) is 3. The lowest BCUT2D eigenvalue weighted by Crippen LogP contribution is -2.50. The second-order valence-electron chi connectivity index (χ2n) is 14.9. The van der Waals surface area contributed by atoms with Crippen LogP contribution >= 0.6 is 0 Å². The number of carboxylic acid groups (broad SMARTS) is 1. The Balaban J connectivity index is 4.40. The van der Waals surface area contributed by atoms with E-state index in [0.29, 0.717) is 19.3 Å². The van der Waals surface area contributed by atoms with Gasteiger partial charge < -0.3 is 23.8 Å². The summed E-state index contributed by atoms with van der Waals surface area (Å²) in [5.74, 6) is -1.50. The van der Waals surface area contributed by atoms with Gasteiger partial charge in [-0.3, -0.25) is 9.59 Å². The van der Waals surface area contributed by atoms with Crippen LogP contribution in [0.2, 0.25) is 0 Å². The number of likely N-dealkylation sites (N-methyl/N-ethyl adjacent to an activating group) is 1. The van der Waals surface area contributed by atoms with Crippen LogP contribution in [0.25, 0.3) is 0 Å². The molecule has 0 aliphatic rings. The van der Waals surface area contributed by atoms with E-state index in [2.05, 4.69) is 62.5 Å². The maximum Gasteiger partial charge on any atom is 0.362 e. The highest BCUT2D eigenvalue weighted by Crippen LogP contribution is 2.13. The molecular weight excluding hydrogens is 654 g/mol. The third-order valence-electron chi connectivity index (χ3n) is 8.96. The number of hydrogen-bond acceptors (Lipinski definition) is 6. The SMILES string of the molecule is CC/C=C/C/C=C/C/C=C/CCCCCCCCC(=O)OCC(COCCC(C(=O)O)[N+](C)(C)C)OC(=O)CCCCCCC/C=C/CCCCC. The predicted molar refractivity (Wildman–Crippen MR) is 215 cm³/mol. The second-order valence-corrected chi connectivity index (χ2v) is 14.9. The van der Waals surface area contributed by atoms with Gasteiger partial charge in [-0.2, -0.15) is 0 Å².